The van der Waals surface area contributed by atoms with E-state index in [2.05, 4.69) is 41.2 Å². The highest BCUT2D eigenvalue weighted by molar-refractivity contribution is 9.10. The molecule has 1 atom stereocenters. The average molecular weight is 279 g/mol. The molecule has 1 aliphatic rings. The fourth-order valence-electron chi connectivity index (χ4n) is 1.92. The van der Waals surface area contributed by atoms with Crippen LogP contribution in [0.15, 0.2) is 22.7 Å². The topological polar surface area (TPSA) is 35.8 Å². The Morgan fingerprint density at radius 1 is 1.50 bits per heavy atom. The van der Waals surface area contributed by atoms with Crippen LogP contribution in [0.2, 0.25) is 0 Å². The molecule has 16 heavy (non-hydrogen) atoms. The Balaban J connectivity index is 2.00. The summed E-state index contributed by atoms with van der Waals surface area (Å²) in [6.07, 6.45) is 1.29. The van der Waals surface area contributed by atoms with Crippen molar-refractivity contribution in [3.8, 4) is 6.07 Å². The van der Waals surface area contributed by atoms with Crippen LogP contribution in [0.3, 0.4) is 0 Å². The minimum atomic E-state index is 0.497. The lowest BCUT2D eigenvalue weighted by Crippen LogP contribution is -2.07. The SMILES string of the molecule is CC1(C)CC1CNc1cc(Br)cc(C#N)c1. The van der Waals surface area contributed by atoms with E-state index in [1.54, 1.807) is 0 Å². The molecule has 2 nitrogen and oxygen atoms in total. The number of benzene rings is 1. The van der Waals surface area contributed by atoms with Crippen LogP contribution in [0.5, 0.6) is 0 Å². The zero-order valence-electron chi connectivity index (χ0n) is 9.55. The van der Waals surface area contributed by atoms with E-state index in [-0.39, 0.29) is 0 Å². The van der Waals surface area contributed by atoms with Crippen LogP contribution < -0.4 is 5.32 Å². The lowest BCUT2D eigenvalue weighted by atomic mass is 10.1. The Morgan fingerprint density at radius 3 is 2.75 bits per heavy atom. The lowest BCUT2D eigenvalue weighted by molar-refractivity contribution is 0.573. The van der Waals surface area contributed by atoms with Gasteiger partial charge in [0.15, 0.2) is 0 Å². The summed E-state index contributed by atoms with van der Waals surface area (Å²) < 4.78 is 0.948. The third-order valence-corrected chi connectivity index (χ3v) is 3.75. The first kappa shape index (κ1) is 11.5. The van der Waals surface area contributed by atoms with E-state index in [0.29, 0.717) is 11.0 Å². The zero-order valence-corrected chi connectivity index (χ0v) is 11.1. The van der Waals surface area contributed by atoms with Crippen molar-refractivity contribution in [1.29, 1.82) is 5.26 Å². The van der Waals surface area contributed by atoms with Crippen molar-refractivity contribution in [3.05, 3.63) is 28.2 Å². The molecule has 0 radical (unpaired) electrons. The first-order valence-electron chi connectivity index (χ1n) is 5.46. The normalized spacial score (nSPS) is 21.2. The Kier molecular flexibility index (Phi) is 2.94. The van der Waals surface area contributed by atoms with Gasteiger partial charge in [0.25, 0.3) is 0 Å². The minimum absolute atomic E-state index is 0.497. The Hall–Kier alpha value is -1.01. The fourth-order valence-corrected chi connectivity index (χ4v) is 2.42. The summed E-state index contributed by atoms with van der Waals surface area (Å²) in [4.78, 5) is 0. The van der Waals surface area contributed by atoms with E-state index < -0.39 is 0 Å². The van der Waals surface area contributed by atoms with Crippen molar-refractivity contribution in [2.24, 2.45) is 11.3 Å². The molecule has 1 aliphatic carbocycles. The molecule has 1 saturated carbocycles. The van der Waals surface area contributed by atoms with Crippen LogP contribution in [0.1, 0.15) is 25.8 Å². The lowest BCUT2D eigenvalue weighted by Gasteiger charge is -2.08. The van der Waals surface area contributed by atoms with Crippen molar-refractivity contribution in [2.75, 3.05) is 11.9 Å². The van der Waals surface area contributed by atoms with Gasteiger partial charge < -0.3 is 5.32 Å². The summed E-state index contributed by atoms with van der Waals surface area (Å²) >= 11 is 3.41. The predicted molar refractivity (Wildman–Crippen MR) is 69.2 cm³/mol. The average Bonchev–Trinajstić information content (AvgIpc) is 2.83. The Bertz CT molecular complexity index is 446. The molecule has 0 spiro atoms. The number of nitriles is 1. The van der Waals surface area contributed by atoms with Crippen molar-refractivity contribution in [1.82, 2.24) is 0 Å². The minimum Gasteiger partial charge on any atom is -0.385 e. The highest BCUT2D eigenvalue weighted by Gasteiger charge is 2.44. The first-order chi connectivity index (χ1) is 7.51. The van der Waals surface area contributed by atoms with Crippen molar-refractivity contribution < 1.29 is 0 Å². The molecule has 3 heteroatoms. The van der Waals surface area contributed by atoms with Crippen molar-refractivity contribution >= 4 is 21.6 Å². The smallest absolute Gasteiger partial charge is 0.0992 e. The molecule has 1 N–H and O–H groups in total. The number of rotatable bonds is 3. The van der Waals surface area contributed by atoms with Gasteiger partial charge in [-0.15, -0.1) is 0 Å². The maximum atomic E-state index is 8.86. The molecule has 1 aromatic carbocycles. The van der Waals surface area contributed by atoms with E-state index in [9.17, 15) is 0 Å². The van der Waals surface area contributed by atoms with Crippen LogP contribution in [0.4, 0.5) is 5.69 Å². The van der Waals surface area contributed by atoms with E-state index in [0.717, 1.165) is 22.6 Å². The summed E-state index contributed by atoms with van der Waals surface area (Å²) in [5.74, 6) is 0.761. The molecule has 1 unspecified atom stereocenters. The molecule has 0 bridgehead atoms. The van der Waals surface area contributed by atoms with Crippen LogP contribution in [-0.2, 0) is 0 Å². The number of halogens is 1. The van der Waals surface area contributed by atoms with Crippen molar-refractivity contribution in [2.45, 2.75) is 20.3 Å². The molecule has 0 amide bonds. The number of hydrogen-bond acceptors (Lipinski definition) is 2. The summed E-state index contributed by atoms with van der Waals surface area (Å²) in [5.41, 5.74) is 2.21. The Morgan fingerprint density at radius 2 is 2.19 bits per heavy atom. The monoisotopic (exact) mass is 278 g/mol. The predicted octanol–water partition coefficient (Wildman–Crippen LogP) is 3.78. The molecular formula is C13H15BrN2. The van der Waals surface area contributed by atoms with Crippen molar-refractivity contribution in [3.63, 3.8) is 0 Å². The maximum absolute atomic E-state index is 8.86. The molecule has 0 heterocycles. The largest absolute Gasteiger partial charge is 0.385 e. The van der Waals surface area contributed by atoms with Gasteiger partial charge in [0.05, 0.1) is 11.6 Å². The molecular weight excluding hydrogens is 264 g/mol. The van der Waals surface area contributed by atoms with Crippen LogP contribution in [-0.4, -0.2) is 6.54 Å². The van der Waals surface area contributed by atoms with Gasteiger partial charge in [-0.05, 0) is 36.0 Å². The van der Waals surface area contributed by atoms with Gasteiger partial charge in [0, 0.05) is 16.7 Å². The second-order valence-electron chi connectivity index (χ2n) is 5.11. The van der Waals surface area contributed by atoms with Gasteiger partial charge in [-0.2, -0.15) is 5.26 Å². The fraction of sp³-hybridized carbons (Fsp3) is 0.462. The quantitative estimate of drug-likeness (QED) is 0.914. The Labute approximate surface area is 105 Å². The van der Waals surface area contributed by atoms with Crippen LogP contribution in [0, 0.1) is 22.7 Å². The zero-order chi connectivity index (χ0) is 11.8. The number of hydrogen-bond donors (Lipinski definition) is 1. The van der Waals surface area contributed by atoms with Gasteiger partial charge in [0.2, 0.25) is 0 Å². The van der Waals surface area contributed by atoms with E-state index in [1.807, 2.05) is 18.2 Å². The summed E-state index contributed by atoms with van der Waals surface area (Å²) in [6.45, 7) is 5.58. The second-order valence-corrected chi connectivity index (χ2v) is 6.03. The second kappa shape index (κ2) is 4.10. The van der Waals surface area contributed by atoms with Crippen LogP contribution in [0.25, 0.3) is 0 Å². The molecule has 2 rings (SSSR count). The van der Waals surface area contributed by atoms with Gasteiger partial charge in [0.1, 0.15) is 0 Å². The number of nitrogens with zero attached hydrogens (tertiary/aromatic N) is 1. The van der Waals surface area contributed by atoms with E-state index in [4.69, 9.17) is 5.26 Å². The number of nitrogens with one attached hydrogen (secondary N) is 1. The number of anilines is 1. The maximum Gasteiger partial charge on any atom is 0.0992 e. The molecule has 1 aromatic rings. The van der Waals surface area contributed by atoms with Gasteiger partial charge in [-0.1, -0.05) is 29.8 Å². The standard InChI is InChI=1S/C13H15BrN2/c1-13(2)6-10(13)8-16-12-4-9(7-15)3-11(14)5-12/h3-5,10,16H,6,8H2,1-2H3. The molecule has 84 valence electrons. The highest BCUT2D eigenvalue weighted by Crippen LogP contribution is 2.51. The summed E-state index contributed by atoms with van der Waals surface area (Å²) in [7, 11) is 0. The first-order valence-corrected chi connectivity index (χ1v) is 6.25. The van der Waals surface area contributed by atoms with Gasteiger partial charge >= 0.3 is 0 Å². The third kappa shape index (κ3) is 2.56. The molecule has 0 aromatic heterocycles. The third-order valence-electron chi connectivity index (χ3n) is 3.30. The van der Waals surface area contributed by atoms with Gasteiger partial charge in [-0.25, -0.2) is 0 Å². The van der Waals surface area contributed by atoms with Gasteiger partial charge in [-0.3, -0.25) is 0 Å². The van der Waals surface area contributed by atoms with E-state index >= 15 is 0 Å². The van der Waals surface area contributed by atoms with Crippen LogP contribution >= 0.6 is 15.9 Å². The van der Waals surface area contributed by atoms with E-state index in [1.165, 1.54) is 6.42 Å². The molecule has 1 fully saturated rings. The molecule has 0 aliphatic heterocycles. The summed E-state index contributed by atoms with van der Waals surface area (Å²) in [6, 6.07) is 7.88. The molecule has 0 saturated heterocycles. The summed E-state index contributed by atoms with van der Waals surface area (Å²) in [5, 5.41) is 12.3. The highest BCUT2D eigenvalue weighted by atomic mass is 79.9.